The lowest BCUT2D eigenvalue weighted by atomic mass is 10.1. The molecule has 1 aromatic heterocycles. The Balaban J connectivity index is 1.66. The summed E-state index contributed by atoms with van der Waals surface area (Å²) in [6, 6.07) is 11.4. The molecule has 0 spiro atoms. The molecule has 0 saturated carbocycles. The highest BCUT2D eigenvalue weighted by Crippen LogP contribution is 2.28. The van der Waals surface area contributed by atoms with Crippen LogP contribution < -0.4 is 15.0 Å². The lowest BCUT2D eigenvalue weighted by Gasteiger charge is -2.37. The molecule has 1 N–H and O–H groups in total. The summed E-state index contributed by atoms with van der Waals surface area (Å²) in [7, 11) is 3.12. The molecule has 1 atom stereocenters. The molecule has 1 aliphatic rings. The Morgan fingerprint density at radius 2 is 2.00 bits per heavy atom. The average molecular weight is 409 g/mol. The van der Waals surface area contributed by atoms with Crippen molar-refractivity contribution in [1.29, 1.82) is 5.26 Å². The van der Waals surface area contributed by atoms with Crippen LogP contribution in [-0.2, 0) is 16.1 Å². The number of ether oxygens (including phenoxy) is 2. The number of methoxy groups -OCH3 is 2. The van der Waals surface area contributed by atoms with Gasteiger partial charge in [0, 0.05) is 39.8 Å². The van der Waals surface area contributed by atoms with E-state index >= 15 is 0 Å². The van der Waals surface area contributed by atoms with Crippen molar-refractivity contribution < 1.29 is 14.3 Å². The van der Waals surface area contributed by atoms with Crippen molar-refractivity contribution in [3.8, 4) is 11.8 Å². The first-order chi connectivity index (χ1) is 14.5. The molecule has 1 fully saturated rings. The summed E-state index contributed by atoms with van der Waals surface area (Å²) in [4.78, 5) is 21.3. The van der Waals surface area contributed by atoms with E-state index in [-0.39, 0.29) is 5.91 Å². The SMILES string of the molecule is COc1ccc(CN2CCN(c3ccc(C#N)cc3NC(=O)C(C)OC)CC2)nc1. The highest BCUT2D eigenvalue weighted by Gasteiger charge is 2.22. The number of pyridine rings is 1. The van der Waals surface area contributed by atoms with E-state index in [1.165, 1.54) is 7.11 Å². The molecule has 8 heteroatoms. The van der Waals surface area contributed by atoms with Gasteiger partial charge in [0.2, 0.25) is 0 Å². The third-order valence-corrected chi connectivity index (χ3v) is 5.24. The zero-order valence-electron chi connectivity index (χ0n) is 17.6. The summed E-state index contributed by atoms with van der Waals surface area (Å²) < 4.78 is 10.3. The van der Waals surface area contributed by atoms with E-state index in [0.717, 1.165) is 49.9 Å². The van der Waals surface area contributed by atoms with Crippen molar-refractivity contribution >= 4 is 17.3 Å². The van der Waals surface area contributed by atoms with Gasteiger partial charge in [-0.3, -0.25) is 14.7 Å². The van der Waals surface area contributed by atoms with Crippen LogP contribution in [0.2, 0.25) is 0 Å². The molecule has 2 aromatic rings. The fourth-order valence-electron chi connectivity index (χ4n) is 3.32. The minimum absolute atomic E-state index is 0.238. The maximum absolute atomic E-state index is 12.3. The van der Waals surface area contributed by atoms with Gasteiger partial charge in [-0.25, -0.2) is 0 Å². The molecule has 1 unspecified atom stereocenters. The van der Waals surface area contributed by atoms with E-state index in [2.05, 4.69) is 26.2 Å². The van der Waals surface area contributed by atoms with Crippen molar-refractivity contribution in [1.82, 2.24) is 9.88 Å². The van der Waals surface area contributed by atoms with E-state index in [4.69, 9.17) is 9.47 Å². The molecular weight excluding hydrogens is 382 g/mol. The van der Waals surface area contributed by atoms with Gasteiger partial charge in [0.1, 0.15) is 11.9 Å². The van der Waals surface area contributed by atoms with E-state index in [0.29, 0.717) is 11.3 Å². The second kappa shape index (κ2) is 10.1. The summed E-state index contributed by atoms with van der Waals surface area (Å²) in [6.45, 7) is 5.83. The number of anilines is 2. The van der Waals surface area contributed by atoms with Crippen molar-refractivity contribution in [3.63, 3.8) is 0 Å². The summed E-state index contributed by atoms with van der Waals surface area (Å²) in [5.74, 6) is 0.514. The molecule has 8 nitrogen and oxygen atoms in total. The number of amides is 1. The van der Waals surface area contributed by atoms with Crippen LogP contribution in [-0.4, -0.2) is 62.3 Å². The zero-order valence-corrected chi connectivity index (χ0v) is 17.6. The van der Waals surface area contributed by atoms with Crippen LogP contribution in [0, 0.1) is 11.3 Å². The van der Waals surface area contributed by atoms with Gasteiger partial charge in [-0.2, -0.15) is 5.26 Å². The predicted octanol–water partition coefficient (Wildman–Crippen LogP) is 2.26. The Morgan fingerprint density at radius 3 is 2.60 bits per heavy atom. The van der Waals surface area contributed by atoms with Gasteiger partial charge in [0.15, 0.2) is 0 Å². The minimum Gasteiger partial charge on any atom is -0.495 e. The first-order valence-electron chi connectivity index (χ1n) is 9.88. The van der Waals surface area contributed by atoms with Crippen molar-refractivity contribution in [2.24, 2.45) is 0 Å². The van der Waals surface area contributed by atoms with Crippen molar-refractivity contribution in [3.05, 3.63) is 47.8 Å². The van der Waals surface area contributed by atoms with Crippen LogP contribution in [0.4, 0.5) is 11.4 Å². The van der Waals surface area contributed by atoms with Gasteiger partial charge in [0.05, 0.1) is 42.0 Å². The number of nitriles is 1. The summed E-state index contributed by atoms with van der Waals surface area (Å²) in [5, 5.41) is 12.1. The van der Waals surface area contributed by atoms with Crippen LogP contribution >= 0.6 is 0 Å². The Labute approximate surface area is 177 Å². The van der Waals surface area contributed by atoms with Gasteiger partial charge >= 0.3 is 0 Å². The molecule has 3 rings (SSSR count). The number of benzene rings is 1. The number of nitrogens with zero attached hydrogens (tertiary/aromatic N) is 4. The van der Waals surface area contributed by atoms with E-state index in [9.17, 15) is 10.1 Å². The number of hydrogen-bond acceptors (Lipinski definition) is 7. The topological polar surface area (TPSA) is 90.7 Å². The molecule has 2 heterocycles. The maximum atomic E-state index is 12.3. The molecule has 1 amide bonds. The van der Waals surface area contributed by atoms with Crippen LogP contribution in [0.1, 0.15) is 18.2 Å². The van der Waals surface area contributed by atoms with E-state index in [1.54, 1.807) is 32.4 Å². The van der Waals surface area contributed by atoms with Gasteiger partial charge in [-0.15, -0.1) is 0 Å². The summed E-state index contributed by atoms with van der Waals surface area (Å²) in [5.41, 5.74) is 3.05. The summed E-state index contributed by atoms with van der Waals surface area (Å²) in [6.07, 6.45) is 1.16. The standard InChI is InChI=1S/C22H27N5O3/c1-16(29-2)22(28)25-20-12-17(13-23)4-7-21(20)27-10-8-26(9-11-27)15-18-5-6-19(30-3)14-24-18/h4-7,12,14,16H,8-11,15H2,1-3H3,(H,25,28). The zero-order chi connectivity index (χ0) is 21.5. The average Bonchev–Trinajstić information content (AvgIpc) is 2.79. The van der Waals surface area contributed by atoms with E-state index in [1.807, 2.05) is 18.2 Å². The van der Waals surface area contributed by atoms with Gasteiger partial charge in [0.25, 0.3) is 5.91 Å². The molecule has 0 bridgehead atoms. The normalized spacial score (nSPS) is 15.3. The number of aromatic nitrogens is 1. The maximum Gasteiger partial charge on any atom is 0.253 e. The molecule has 30 heavy (non-hydrogen) atoms. The van der Waals surface area contributed by atoms with Crippen LogP contribution in [0.5, 0.6) is 5.75 Å². The largest absolute Gasteiger partial charge is 0.495 e. The molecule has 0 aliphatic carbocycles. The first kappa shape index (κ1) is 21.6. The lowest BCUT2D eigenvalue weighted by molar-refractivity contribution is -0.124. The minimum atomic E-state index is -0.572. The highest BCUT2D eigenvalue weighted by molar-refractivity contribution is 5.97. The van der Waals surface area contributed by atoms with Gasteiger partial charge < -0.3 is 19.7 Å². The predicted molar refractivity (Wildman–Crippen MR) is 115 cm³/mol. The van der Waals surface area contributed by atoms with Gasteiger partial charge in [-0.1, -0.05) is 0 Å². The third kappa shape index (κ3) is 5.26. The summed E-state index contributed by atoms with van der Waals surface area (Å²) >= 11 is 0. The second-order valence-electron chi connectivity index (χ2n) is 7.16. The van der Waals surface area contributed by atoms with E-state index < -0.39 is 6.10 Å². The Hall–Kier alpha value is -3.15. The fraction of sp³-hybridized carbons (Fsp3) is 0.409. The fourth-order valence-corrected chi connectivity index (χ4v) is 3.32. The quantitative estimate of drug-likeness (QED) is 0.750. The molecule has 158 valence electrons. The van der Waals surface area contributed by atoms with Crippen molar-refractivity contribution in [2.75, 3.05) is 50.6 Å². The number of piperazine rings is 1. The second-order valence-corrected chi connectivity index (χ2v) is 7.16. The molecule has 1 aromatic carbocycles. The molecule has 0 radical (unpaired) electrons. The monoisotopic (exact) mass is 409 g/mol. The van der Waals surface area contributed by atoms with Crippen LogP contribution in [0.25, 0.3) is 0 Å². The number of nitrogens with one attached hydrogen (secondary N) is 1. The van der Waals surface area contributed by atoms with Gasteiger partial charge in [-0.05, 0) is 37.3 Å². The molecule has 1 aliphatic heterocycles. The number of carbonyl (C=O) groups is 1. The number of hydrogen-bond donors (Lipinski definition) is 1. The van der Waals surface area contributed by atoms with Crippen LogP contribution in [0.15, 0.2) is 36.5 Å². The lowest BCUT2D eigenvalue weighted by Crippen LogP contribution is -2.46. The highest BCUT2D eigenvalue weighted by atomic mass is 16.5. The Kier molecular flexibility index (Phi) is 7.22. The van der Waals surface area contributed by atoms with Crippen LogP contribution in [0.3, 0.4) is 0 Å². The molecule has 1 saturated heterocycles. The smallest absolute Gasteiger partial charge is 0.253 e. The third-order valence-electron chi connectivity index (χ3n) is 5.24. The number of rotatable bonds is 7. The molecular formula is C22H27N5O3. The first-order valence-corrected chi connectivity index (χ1v) is 9.88. The Bertz CT molecular complexity index is 902. The van der Waals surface area contributed by atoms with Crippen molar-refractivity contribution in [2.45, 2.75) is 19.6 Å². The number of carbonyl (C=O) groups excluding carboxylic acids is 1. The Morgan fingerprint density at radius 1 is 1.23 bits per heavy atom.